The fourth-order valence-corrected chi connectivity index (χ4v) is 3.45. The summed E-state index contributed by atoms with van der Waals surface area (Å²) in [4.78, 5) is 18.2. The van der Waals surface area contributed by atoms with Gasteiger partial charge in [-0.1, -0.05) is 12.1 Å². The first-order chi connectivity index (χ1) is 14.9. The Kier molecular flexibility index (Phi) is 5.74. The van der Waals surface area contributed by atoms with Crippen LogP contribution in [0.2, 0.25) is 0 Å². The van der Waals surface area contributed by atoms with Crippen molar-refractivity contribution in [3.05, 3.63) is 64.6 Å². The van der Waals surface area contributed by atoms with Gasteiger partial charge < -0.3 is 26.4 Å². The van der Waals surface area contributed by atoms with E-state index in [0.29, 0.717) is 11.3 Å². The van der Waals surface area contributed by atoms with E-state index in [-0.39, 0.29) is 29.8 Å². The number of hydrogen-bond donors (Lipinski definition) is 4. The third-order valence-electron chi connectivity index (χ3n) is 5.03. The van der Waals surface area contributed by atoms with Crippen LogP contribution in [-0.2, 0) is 19.6 Å². The number of rotatable bonds is 6. The number of nitrogens with one attached hydrogen (secondary N) is 2. The van der Waals surface area contributed by atoms with Crippen LogP contribution in [0.4, 0.5) is 27.5 Å². The summed E-state index contributed by atoms with van der Waals surface area (Å²) in [6.07, 6.45) is 0.787. The van der Waals surface area contributed by atoms with Crippen LogP contribution >= 0.6 is 0 Å². The summed E-state index contributed by atoms with van der Waals surface area (Å²) in [5.41, 5.74) is 8.71. The van der Waals surface area contributed by atoms with E-state index in [2.05, 4.69) is 30.7 Å². The van der Waals surface area contributed by atoms with Gasteiger partial charge in [0.1, 0.15) is 5.82 Å². The Labute approximate surface area is 178 Å². The summed E-state index contributed by atoms with van der Waals surface area (Å²) < 4.78 is 14.6. The van der Waals surface area contributed by atoms with Gasteiger partial charge in [-0.05, 0) is 54.4 Å². The van der Waals surface area contributed by atoms with Crippen molar-refractivity contribution in [1.29, 1.82) is 0 Å². The summed E-state index contributed by atoms with van der Waals surface area (Å²) in [6.45, 7) is 1.46. The third-order valence-corrected chi connectivity index (χ3v) is 5.03. The zero-order valence-corrected chi connectivity index (χ0v) is 16.9. The predicted molar refractivity (Wildman–Crippen MR) is 114 cm³/mol. The first kappa shape index (κ1) is 20.6. The SMILES string of the molecule is CN1CCc2cc(F)c(Nc3nnc(C(N)=O)c(Nc4cccc(CO)c4)n3)cc2C1. The highest BCUT2D eigenvalue weighted by atomic mass is 19.1. The molecule has 0 spiro atoms. The molecule has 2 heterocycles. The number of fused-ring (bicyclic) bond motifs is 1. The molecule has 5 N–H and O–H groups in total. The summed E-state index contributed by atoms with van der Waals surface area (Å²) in [5.74, 6) is -1.15. The standard InChI is InChI=1S/C21H22FN7O2/c1-29-6-5-13-8-16(22)17(9-14(13)10-29)25-21-26-20(18(19(23)31)27-28-21)24-15-4-2-3-12(7-15)11-30/h2-4,7-9,30H,5-6,10-11H2,1H3,(H2,23,31)(H2,24,25,26,28). The minimum atomic E-state index is -0.810. The van der Waals surface area contributed by atoms with E-state index in [1.54, 1.807) is 30.3 Å². The molecule has 0 radical (unpaired) electrons. The molecule has 3 aromatic rings. The molecule has 0 atom stereocenters. The van der Waals surface area contributed by atoms with E-state index >= 15 is 0 Å². The number of aliphatic hydroxyl groups excluding tert-OH is 1. The van der Waals surface area contributed by atoms with Crippen LogP contribution in [0.1, 0.15) is 27.2 Å². The van der Waals surface area contributed by atoms with Crippen molar-refractivity contribution in [2.24, 2.45) is 5.73 Å². The molecule has 0 bridgehead atoms. The fraction of sp³-hybridized carbons (Fsp3) is 0.238. The number of anilines is 4. The van der Waals surface area contributed by atoms with Crippen LogP contribution in [0.25, 0.3) is 0 Å². The molecule has 160 valence electrons. The maximum absolute atomic E-state index is 14.6. The highest BCUT2D eigenvalue weighted by Gasteiger charge is 2.19. The molecule has 1 aliphatic heterocycles. The van der Waals surface area contributed by atoms with Crippen molar-refractivity contribution in [3.8, 4) is 0 Å². The smallest absolute Gasteiger partial charge is 0.273 e. The molecule has 9 nitrogen and oxygen atoms in total. The number of aromatic nitrogens is 3. The lowest BCUT2D eigenvalue weighted by Gasteiger charge is -2.25. The van der Waals surface area contributed by atoms with Crippen LogP contribution in [0.3, 0.4) is 0 Å². The van der Waals surface area contributed by atoms with Gasteiger partial charge in [0.05, 0.1) is 12.3 Å². The number of carbonyl (C=O) groups excluding carboxylic acids is 1. The highest BCUT2D eigenvalue weighted by molar-refractivity contribution is 5.96. The lowest BCUT2D eigenvalue weighted by molar-refractivity contribution is 0.0995. The van der Waals surface area contributed by atoms with Gasteiger partial charge in [-0.2, -0.15) is 4.98 Å². The largest absolute Gasteiger partial charge is 0.392 e. The molecule has 0 saturated carbocycles. The van der Waals surface area contributed by atoms with E-state index < -0.39 is 11.7 Å². The minimum Gasteiger partial charge on any atom is -0.392 e. The lowest BCUT2D eigenvalue weighted by atomic mass is 9.99. The molecule has 31 heavy (non-hydrogen) atoms. The molecule has 10 heteroatoms. The maximum atomic E-state index is 14.6. The van der Waals surface area contributed by atoms with Gasteiger partial charge >= 0.3 is 0 Å². The zero-order valence-electron chi connectivity index (χ0n) is 16.9. The molecule has 0 saturated heterocycles. The second kappa shape index (κ2) is 8.62. The van der Waals surface area contributed by atoms with Gasteiger partial charge in [0.2, 0.25) is 5.95 Å². The number of hydrogen-bond acceptors (Lipinski definition) is 8. The molecule has 4 rings (SSSR count). The van der Waals surface area contributed by atoms with E-state index in [9.17, 15) is 14.3 Å². The van der Waals surface area contributed by atoms with Gasteiger partial charge in [-0.25, -0.2) is 4.39 Å². The first-order valence-electron chi connectivity index (χ1n) is 9.71. The van der Waals surface area contributed by atoms with Gasteiger partial charge in [0, 0.05) is 18.8 Å². The van der Waals surface area contributed by atoms with Gasteiger partial charge in [0.15, 0.2) is 11.5 Å². The topological polar surface area (TPSA) is 129 Å². The number of amides is 1. The summed E-state index contributed by atoms with van der Waals surface area (Å²) in [6, 6.07) is 10.2. The van der Waals surface area contributed by atoms with E-state index in [4.69, 9.17) is 5.73 Å². The third kappa shape index (κ3) is 4.60. The molecule has 1 aliphatic rings. The van der Waals surface area contributed by atoms with E-state index in [1.165, 1.54) is 6.07 Å². The predicted octanol–water partition coefficient (Wildman–Crippen LogP) is 2.08. The average molecular weight is 423 g/mol. The second-order valence-electron chi connectivity index (χ2n) is 7.39. The Hall–Kier alpha value is -3.63. The number of carbonyl (C=O) groups is 1. The maximum Gasteiger partial charge on any atom is 0.273 e. The molecule has 0 aliphatic carbocycles. The zero-order chi connectivity index (χ0) is 22.0. The molecule has 1 amide bonds. The van der Waals surface area contributed by atoms with Crippen molar-refractivity contribution >= 4 is 29.0 Å². The van der Waals surface area contributed by atoms with Crippen molar-refractivity contribution < 1.29 is 14.3 Å². The van der Waals surface area contributed by atoms with Crippen LogP contribution in [0, 0.1) is 5.82 Å². The summed E-state index contributed by atoms with van der Waals surface area (Å²) >= 11 is 0. The monoisotopic (exact) mass is 423 g/mol. The Morgan fingerprint density at radius 3 is 2.84 bits per heavy atom. The number of aliphatic hydroxyl groups is 1. The van der Waals surface area contributed by atoms with Gasteiger partial charge in [-0.15, -0.1) is 10.2 Å². The van der Waals surface area contributed by atoms with Crippen molar-refractivity contribution in [3.63, 3.8) is 0 Å². The number of nitrogens with two attached hydrogens (primary N) is 1. The second-order valence-corrected chi connectivity index (χ2v) is 7.39. The fourth-order valence-electron chi connectivity index (χ4n) is 3.45. The van der Waals surface area contributed by atoms with Crippen LogP contribution in [0.5, 0.6) is 0 Å². The highest BCUT2D eigenvalue weighted by Crippen LogP contribution is 2.27. The van der Waals surface area contributed by atoms with Crippen molar-refractivity contribution in [2.75, 3.05) is 24.2 Å². The number of nitrogens with zero attached hydrogens (tertiary/aromatic N) is 4. The van der Waals surface area contributed by atoms with E-state index in [0.717, 1.165) is 30.6 Å². The summed E-state index contributed by atoms with van der Waals surface area (Å²) in [7, 11) is 2.01. The normalized spacial score (nSPS) is 13.5. The Morgan fingerprint density at radius 2 is 2.06 bits per heavy atom. The molecule has 0 unspecified atom stereocenters. The number of likely N-dealkylation sites (N-methyl/N-ethyl adjacent to an activating group) is 1. The van der Waals surface area contributed by atoms with Crippen LogP contribution < -0.4 is 16.4 Å². The number of primary amides is 1. The molecule has 0 fully saturated rings. The molecular formula is C21H22FN7O2. The Morgan fingerprint density at radius 1 is 1.23 bits per heavy atom. The van der Waals surface area contributed by atoms with Crippen molar-refractivity contribution in [2.45, 2.75) is 19.6 Å². The van der Waals surface area contributed by atoms with E-state index in [1.807, 2.05) is 7.05 Å². The van der Waals surface area contributed by atoms with Gasteiger partial charge in [0.25, 0.3) is 5.91 Å². The lowest BCUT2D eigenvalue weighted by Crippen LogP contribution is -2.26. The first-order valence-corrected chi connectivity index (χ1v) is 9.71. The van der Waals surface area contributed by atoms with Crippen molar-refractivity contribution in [1.82, 2.24) is 20.1 Å². The quantitative estimate of drug-likeness (QED) is 0.474. The number of halogens is 1. The van der Waals surface area contributed by atoms with Crippen LogP contribution in [-0.4, -0.2) is 44.7 Å². The Balaban J connectivity index is 1.64. The van der Waals surface area contributed by atoms with Crippen LogP contribution in [0.15, 0.2) is 36.4 Å². The number of benzene rings is 2. The molecule has 2 aromatic carbocycles. The van der Waals surface area contributed by atoms with Gasteiger partial charge in [-0.3, -0.25) is 4.79 Å². The molecular weight excluding hydrogens is 401 g/mol. The Bertz CT molecular complexity index is 1140. The summed E-state index contributed by atoms with van der Waals surface area (Å²) in [5, 5.41) is 22.8. The minimum absolute atomic E-state index is 0.00817. The molecule has 1 aromatic heterocycles. The average Bonchev–Trinajstić information content (AvgIpc) is 2.74.